The minimum Gasteiger partial charge on any atom is -0.373 e. The van der Waals surface area contributed by atoms with E-state index in [1.807, 2.05) is 48.7 Å². The zero-order chi connectivity index (χ0) is 12.7. The number of hydrogen-bond acceptors (Lipinski definition) is 2. The van der Waals surface area contributed by atoms with Crippen LogP contribution in [0.2, 0.25) is 0 Å². The Balaban J connectivity index is 1.75. The fourth-order valence-corrected chi connectivity index (χ4v) is 2.29. The highest BCUT2D eigenvalue weighted by molar-refractivity contribution is 5.84. The van der Waals surface area contributed by atoms with Crippen molar-refractivity contribution in [1.82, 2.24) is 4.98 Å². The third-order valence-electron chi connectivity index (χ3n) is 3.26. The van der Waals surface area contributed by atoms with Crippen molar-refractivity contribution < 1.29 is 4.84 Å². The van der Waals surface area contributed by atoms with E-state index >= 15 is 0 Å². The second-order valence-electron chi connectivity index (χ2n) is 4.51. The molecule has 4 rings (SSSR count). The highest BCUT2D eigenvalue weighted by Crippen LogP contribution is 2.29. The van der Waals surface area contributed by atoms with Crippen molar-refractivity contribution in [3.05, 3.63) is 66.4 Å². The normalized spacial score (nSPS) is 13.4. The third-order valence-corrected chi connectivity index (χ3v) is 3.26. The van der Waals surface area contributed by atoms with E-state index in [9.17, 15) is 0 Å². The number of aromatic amines is 1. The van der Waals surface area contributed by atoms with Crippen molar-refractivity contribution in [3.63, 3.8) is 0 Å². The molecule has 3 nitrogen and oxygen atoms in total. The summed E-state index contributed by atoms with van der Waals surface area (Å²) in [6.45, 7) is 0. The van der Waals surface area contributed by atoms with Crippen LogP contribution in [0, 0.1) is 0 Å². The number of benzene rings is 2. The van der Waals surface area contributed by atoms with E-state index in [1.54, 1.807) is 5.06 Å². The van der Waals surface area contributed by atoms with Crippen molar-refractivity contribution in [2.24, 2.45) is 0 Å². The Hall–Kier alpha value is -2.68. The Bertz CT molecular complexity index is 740. The molecular formula is C16H12N2O. The van der Waals surface area contributed by atoms with Crippen LogP contribution >= 0.6 is 0 Å². The van der Waals surface area contributed by atoms with Crippen LogP contribution < -0.4 is 9.90 Å². The van der Waals surface area contributed by atoms with Gasteiger partial charge in [-0.2, -0.15) is 5.06 Å². The number of rotatable bonds is 1. The molecule has 0 saturated heterocycles. The molecule has 0 bridgehead atoms. The first-order valence-corrected chi connectivity index (χ1v) is 6.22. The number of aromatic nitrogens is 1. The van der Waals surface area contributed by atoms with E-state index in [0.29, 0.717) is 0 Å². The zero-order valence-electron chi connectivity index (χ0n) is 10.2. The van der Waals surface area contributed by atoms with Crippen LogP contribution in [0.15, 0.2) is 60.8 Å². The highest BCUT2D eigenvalue weighted by atomic mass is 16.7. The van der Waals surface area contributed by atoms with Crippen molar-refractivity contribution in [2.45, 2.75) is 0 Å². The Kier molecular flexibility index (Phi) is 2.12. The first kappa shape index (κ1) is 10.3. The summed E-state index contributed by atoms with van der Waals surface area (Å²) in [6, 6.07) is 18.2. The van der Waals surface area contributed by atoms with Gasteiger partial charge in [0.15, 0.2) is 5.75 Å². The molecule has 2 aromatic carbocycles. The van der Waals surface area contributed by atoms with Gasteiger partial charge in [-0.3, -0.25) is 0 Å². The average Bonchev–Trinajstić information content (AvgIpc) is 2.90. The number of para-hydroxylation sites is 2. The van der Waals surface area contributed by atoms with Crippen molar-refractivity contribution in [1.29, 1.82) is 0 Å². The minimum atomic E-state index is 0.864. The van der Waals surface area contributed by atoms with E-state index in [1.165, 1.54) is 5.39 Å². The van der Waals surface area contributed by atoms with Crippen LogP contribution in [-0.2, 0) is 0 Å². The lowest BCUT2D eigenvalue weighted by Gasteiger charge is -2.23. The maximum absolute atomic E-state index is 5.86. The fraction of sp³-hybridized carbons (Fsp3) is 0. The molecule has 3 aromatic rings. The quantitative estimate of drug-likeness (QED) is 0.706. The standard InChI is InChI=1S/C16H12N2O/c1-3-7-14-13(6-1)11-16(17-14)18-10-9-12-5-2-4-8-15(12)19-18/h1-11,17H. The molecule has 0 unspecified atom stereocenters. The lowest BCUT2D eigenvalue weighted by atomic mass is 10.2. The predicted molar refractivity (Wildman–Crippen MR) is 76.9 cm³/mol. The molecule has 2 heterocycles. The second-order valence-corrected chi connectivity index (χ2v) is 4.51. The summed E-state index contributed by atoms with van der Waals surface area (Å²) >= 11 is 0. The van der Waals surface area contributed by atoms with E-state index in [-0.39, 0.29) is 0 Å². The highest BCUT2D eigenvalue weighted by Gasteiger charge is 2.14. The molecule has 19 heavy (non-hydrogen) atoms. The fourth-order valence-electron chi connectivity index (χ4n) is 2.29. The third kappa shape index (κ3) is 1.67. The van der Waals surface area contributed by atoms with E-state index in [4.69, 9.17) is 4.84 Å². The monoisotopic (exact) mass is 248 g/mol. The predicted octanol–water partition coefficient (Wildman–Crippen LogP) is 3.95. The van der Waals surface area contributed by atoms with Crippen molar-refractivity contribution in [2.75, 3.05) is 5.06 Å². The SMILES string of the molecule is C1=CN(c2cc3ccccc3[nH]2)Oc2ccccc21. The summed E-state index contributed by atoms with van der Waals surface area (Å²) in [4.78, 5) is 9.21. The molecule has 92 valence electrons. The average molecular weight is 248 g/mol. The van der Waals surface area contributed by atoms with Gasteiger partial charge in [0, 0.05) is 22.7 Å². The van der Waals surface area contributed by atoms with Crippen molar-refractivity contribution in [3.8, 4) is 5.75 Å². The molecule has 1 aliphatic heterocycles. The molecule has 0 amide bonds. The van der Waals surface area contributed by atoms with Crippen LogP contribution in [0.1, 0.15) is 5.56 Å². The number of nitrogens with one attached hydrogen (secondary N) is 1. The van der Waals surface area contributed by atoms with Crippen LogP contribution in [0.25, 0.3) is 17.0 Å². The number of anilines is 1. The number of H-pyrrole nitrogens is 1. The molecule has 3 heteroatoms. The summed E-state index contributed by atoms with van der Waals surface area (Å²) < 4.78 is 0. The molecule has 1 aliphatic rings. The summed E-state index contributed by atoms with van der Waals surface area (Å²) in [5.41, 5.74) is 2.20. The van der Waals surface area contributed by atoms with Gasteiger partial charge in [0.1, 0.15) is 5.82 Å². The summed E-state index contributed by atoms with van der Waals surface area (Å²) in [6.07, 6.45) is 3.97. The maximum Gasteiger partial charge on any atom is 0.163 e. The van der Waals surface area contributed by atoms with Crippen LogP contribution in [0.3, 0.4) is 0 Å². The molecule has 0 radical (unpaired) electrons. The number of hydrogen-bond donors (Lipinski definition) is 1. The van der Waals surface area contributed by atoms with Crippen LogP contribution in [-0.4, -0.2) is 4.98 Å². The molecule has 0 spiro atoms. The zero-order valence-corrected chi connectivity index (χ0v) is 10.2. The topological polar surface area (TPSA) is 28.3 Å². The number of fused-ring (bicyclic) bond motifs is 2. The van der Waals surface area contributed by atoms with Gasteiger partial charge in [0.2, 0.25) is 0 Å². The van der Waals surface area contributed by atoms with Gasteiger partial charge in [-0.1, -0.05) is 36.4 Å². The van der Waals surface area contributed by atoms with Gasteiger partial charge in [0.25, 0.3) is 0 Å². The summed E-state index contributed by atoms with van der Waals surface area (Å²) in [7, 11) is 0. The van der Waals surface area contributed by atoms with Gasteiger partial charge >= 0.3 is 0 Å². The first-order chi connectivity index (χ1) is 9.40. The van der Waals surface area contributed by atoms with Gasteiger partial charge < -0.3 is 9.82 Å². The molecule has 0 atom stereocenters. The van der Waals surface area contributed by atoms with Gasteiger partial charge in [-0.05, 0) is 24.3 Å². The van der Waals surface area contributed by atoms with Gasteiger partial charge in [-0.15, -0.1) is 0 Å². The first-order valence-electron chi connectivity index (χ1n) is 6.22. The Morgan fingerprint density at radius 2 is 1.79 bits per heavy atom. The molecule has 0 fully saturated rings. The van der Waals surface area contributed by atoms with Crippen LogP contribution in [0.4, 0.5) is 5.82 Å². The molecule has 0 aliphatic carbocycles. The summed E-state index contributed by atoms with van der Waals surface area (Å²) in [5.74, 6) is 1.79. The van der Waals surface area contributed by atoms with E-state index < -0.39 is 0 Å². The lowest BCUT2D eigenvalue weighted by Crippen LogP contribution is -2.23. The van der Waals surface area contributed by atoms with Gasteiger partial charge in [0.05, 0.1) is 0 Å². The van der Waals surface area contributed by atoms with Gasteiger partial charge in [-0.25, -0.2) is 0 Å². The van der Waals surface area contributed by atoms with Crippen LogP contribution in [0.5, 0.6) is 5.75 Å². The smallest absolute Gasteiger partial charge is 0.163 e. The Morgan fingerprint density at radius 1 is 0.947 bits per heavy atom. The molecule has 1 aromatic heterocycles. The Morgan fingerprint density at radius 3 is 2.74 bits per heavy atom. The van der Waals surface area contributed by atoms with Crippen molar-refractivity contribution >= 4 is 22.8 Å². The largest absolute Gasteiger partial charge is 0.373 e. The molecule has 0 saturated carbocycles. The molecular weight excluding hydrogens is 236 g/mol. The van der Waals surface area contributed by atoms with E-state index in [2.05, 4.69) is 23.2 Å². The maximum atomic E-state index is 5.86. The minimum absolute atomic E-state index is 0.864. The summed E-state index contributed by atoms with van der Waals surface area (Å²) in [5, 5.41) is 2.93. The van der Waals surface area contributed by atoms with E-state index in [0.717, 1.165) is 22.6 Å². The lowest BCUT2D eigenvalue weighted by molar-refractivity contribution is 0.312. The molecule has 1 N–H and O–H groups in total. The second kappa shape index (κ2) is 3.92. The number of hydroxylamine groups is 1. The Labute approximate surface area is 110 Å². The number of nitrogens with zero attached hydrogens (tertiary/aromatic N) is 1.